The number of nitrogens with one attached hydrogen (secondary N) is 2. The highest BCUT2D eigenvalue weighted by Gasteiger charge is 2.34. The fourth-order valence-electron chi connectivity index (χ4n) is 4.86. The lowest BCUT2D eigenvalue weighted by molar-refractivity contribution is -0.0660. The molecule has 2 aromatic rings. The molecule has 192 valence electrons. The first kappa shape index (κ1) is 24.3. The zero-order valence-electron chi connectivity index (χ0n) is 20.2. The van der Waals surface area contributed by atoms with Crippen LogP contribution in [0.15, 0.2) is 42.5 Å². The van der Waals surface area contributed by atoms with E-state index in [9.17, 15) is 14.0 Å². The summed E-state index contributed by atoms with van der Waals surface area (Å²) in [5.41, 5.74) is 2.07. The van der Waals surface area contributed by atoms with Crippen LogP contribution >= 0.6 is 0 Å². The van der Waals surface area contributed by atoms with Crippen molar-refractivity contribution in [1.82, 2.24) is 15.5 Å². The first-order valence-electron chi connectivity index (χ1n) is 12.3. The first-order chi connectivity index (χ1) is 17.5. The van der Waals surface area contributed by atoms with Gasteiger partial charge >= 0.3 is 6.09 Å². The number of halogens is 1. The molecule has 3 aliphatic rings. The van der Waals surface area contributed by atoms with E-state index in [1.807, 2.05) is 18.2 Å². The van der Waals surface area contributed by atoms with Crippen LogP contribution in [-0.4, -0.2) is 82.1 Å². The van der Waals surface area contributed by atoms with E-state index in [0.29, 0.717) is 30.4 Å². The first-order valence-corrected chi connectivity index (χ1v) is 12.3. The number of amides is 2. The van der Waals surface area contributed by atoms with Crippen LogP contribution in [0.3, 0.4) is 0 Å². The van der Waals surface area contributed by atoms with Crippen LogP contribution in [-0.2, 0) is 9.47 Å². The quantitative estimate of drug-likeness (QED) is 0.654. The molecule has 9 nitrogen and oxygen atoms in total. The van der Waals surface area contributed by atoms with Crippen molar-refractivity contribution >= 4 is 17.7 Å². The van der Waals surface area contributed by atoms with E-state index in [-0.39, 0.29) is 5.91 Å². The maximum atomic E-state index is 13.4. The summed E-state index contributed by atoms with van der Waals surface area (Å²) in [4.78, 5) is 30.0. The molecule has 2 N–H and O–H groups in total. The molecule has 0 bridgehead atoms. The fraction of sp³-hybridized carbons (Fsp3) is 0.462. The molecule has 2 aromatic carbocycles. The van der Waals surface area contributed by atoms with E-state index >= 15 is 0 Å². The van der Waals surface area contributed by atoms with Crippen LogP contribution in [0.4, 0.5) is 14.9 Å². The molecular formula is C26H31FN4O5. The molecular weight excluding hydrogens is 467 g/mol. The smallest absolute Gasteiger partial charge is 0.407 e. The Morgan fingerprint density at radius 2 is 1.81 bits per heavy atom. The standard InChI is InChI=1S/C26H31FN4O5/c1-28-26(33)36-23-8-13-35-22-7-6-19(30-9-11-31(12-10-30)20-15-34-16-20)14-21(22)24(23)29-25(32)17-2-4-18(27)5-3-17/h2-7,14,20,23-24H,8-13,15-16H2,1H3,(H,28,33)(H,29,32)/t23-,24-/m1/s1. The normalized spacial score (nSPS) is 22.4. The number of carbonyl (C=O) groups is 2. The molecule has 3 aliphatic heterocycles. The highest BCUT2D eigenvalue weighted by Crippen LogP contribution is 2.36. The highest BCUT2D eigenvalue weighted by molar-refractivity contribution is 5.94. The molecule has 2 saturated heterocycles. The molecule has 36 heavy (non-hydrogen) atoms. The van der Waals surface area contributed by atoms with E-state index in [0.717, 1.165) is 50.6 Å². The van der Waals surface area contributed by atoms with Crippen molar-refractivity contribution in [2.75, 3.05) is 57.9 Å². The minimum absolute atomic E-state index is 0.314. The van der Waals surface area contributed by atoms with Crippen molar-refractivity contribution in [2.24, 2.45) is 0 Å². The number of anilines is 1. The van der Waals surface area contributed by atoms with Crippen LogP contribution in [0.5, 0.6) is 5.75 Å². The summed E-state index contributed by atoms with van der Waals surface area (Å²) >= 11 is 0. The summed E-state index contributed by atoms with van der Waals surface area (Å²) in [6.07, 6.45) is -0.841. The number of alkyl carbamates (subject to hydrolysis) is 1. The third kappa shape index (κ3) is 5.24. The summed E-state index contributed by atoms with van der Waals surface area (Å²) in [7, 11) is 1.49. The predicted octanol–water partition coefficient (Wildman–Crippen LogP) is 2.32. The van der Waals surface area contributed by atoms with Gasteiger partial charge in [0.15, 0.2) is 0 Å². The number of fused-ring (bicyclic) bond motifs is 1. The lowest BCUT2D eigenvalue weighted by atomic mass is 9.97. The van der Waals surface area contributed by atoms with Gasteiger partial charge in [-0.25, -0.2) is 9.18 Å². The van der Waals surface area contributed by atoms with Crippen LogP contribution < -0.4 is 20.3 Å². The van der Waals surface area contributed by atoms with Gasteiger partial charge in [0.25, 0.3) is 5.91 Å². The van der Waals surface area contributed by atoms with Crippen molar-refractivity contribution in [3.05, 3.63) is 59.4 Å². The Bertz CT molecular complexity index is 1090. The number of nitrogens with zero attached hydrogens (tertiary/aromatic N) is 2. The third-order valence-electron chi connectivity index (χ3n) is 7.03. The summed E-state index contributed by atoms with van der Waals surface area (Å²) < 4.78 is 30.4. The molecule has 5 rings (SSSR count). The van der Waals surface area contributed by atoms with Gasteiger partial charge in [0, 0.05) is 56.5 Å². The minimum Gasteiger partial charge on any atom is -0.493 e. The summed E-state index contributed by atoms with van der Waals surface area (Å²) in [5.74, 6) is -0.174. The van der Waals surface area contributed by atoms with E-state index in [1.54, 1.807) is 0 Å². The Hall–Kier alpha value is -3.37. The number of hydrogen-bond acceptors (Lipinski definition) is 7. The third-order valence-corrected chi connectivity index (χ3v) is 7.03. The van der Waals surface area contributed by atoms with Crippen LogP contribution in [0, 0.1) is 5.82 Å². The average molecular weight is 499 g/mol. The maximum Gasteiger partial charge on any atom is 0.407 e. The summed E-state index contributed by atoms with van der Waals surface area (Å²) in [6.45, 7) is 5.60. The number of hydrogen-bond donors (Lipinski definition) is 2. The molecule has 2 amide bonds. The van der Waals surface area contributed by atoms with Gasteiger partial charge < -0.3 is 29.7 Å². The van der Waals surface area contributed by atoms with E-state index in [1.165, 1.54) is 31.3 Å². The van der Waals surface area contributed by atoms with E-state index in [2.05, 4.69) is 20.4 Å². The van der Waals surface area contributed by atoms with Crippen LogP contribution in [0.25, 0.3) is 0 Å². The van der Waals surface area contributed by atoms with Crippen molar-refractivity contribution < 1.29 is 28.2 Å². The zero-order valence-corrected chi connectivity index (χ0v) is 20.2. The highest BCUT2D eigenvalue weighted by atomic mass is 19.1. The van der Waals surface area contributed by atoms with Gasteiger partial charge in [-0.15, -0.1) is 0 Å². The Morgan fingerprint density at radius 3 is 2.47 bits per heavy atom. The summed E-state index contributed by atoms with van der Waals surface area (Å²) in [5, 5.41) is 5.49. The van der Waals surface area contributed by atoms with Crippen molar-refractivity contribution in [2.45, 2.75) is 24.6 Å². The molecule has 0 aliphatic carbocycles. The Morgan fingerprint density at radius 1 is 1.06 bits per heavy atom. The number of ether oxygens (including phenoxy) is 3. The zero-order chi connectivity index (χ0) is 25.1. The van der Waals surface area contributed by atoms with Crippen molar-refractivity contribution in [1.29, 1.82) is 0 Å². The van der Waals surface area contributed by atoms with Crippen LogP contribution in [0.2, 0.25) is 0 Å². The minimum atomic E-state index is -0.652. The molecule has 3 heterocycles. The Balaban J connectivity index is 1.41. The maximum absolute atomic E-state index is 13.4. The molecule has 0 aromatic heterocycles. The predicted molar refractivity (Wildman–Crippen MR) is 131 cm³/mol. The SMILES string of the molecule is CNC(=O)O[C@@H]1CCOc2ccc(N3CCN(C4COC4)CC3)cc2[C@H]1NC(=O)c1ccc(F)cc1. The molecule has 0 saturated carbocycles. The van der Waals surface area contributed by atoms with E-state index < -0.39 is 24.1 Å². The second kappa shape index (κ2) is 10.7. The lowest BCUT2D eigenvalue weighted by Crippen LogP contribution is -2.56. The topological polar surface area (TPSA) is 92.4 Å². The molecule has 0 radical (unpaired) electrons. The van der Waals surface area contributed by atoms with Gasteiger partial charge in [0.2, 0.25) is 0 Å². The number of rotatable bonds is 5. The van der Waals surface area contributed by atoms with Gasteiger partial charge in [-0.1, -0.05) is 0 Å². The largest absolute Gasteiger partial charge is 0.493 e. The number of carbonyl (C=O) groups excluding carboxylic acids is 2. The Labute approximate surface area is 209 Å². The molecule has 10 heteroatoms. The average Bonchev–Trinajstić information content (AvgIpc) is 3.02. The van der Waals surface area contributed by atoms with Gasteiger partial charge in [-0.3, -0.25) is 9.69 Å². The Kier molecular flexibility index (Phi) is 7.24. The van der Waals surface area contributed by atoms with Gasteiger partial charge in [0.1, 0.15) is 17.7 Å². The molecule has 2 atom stereocenters. The van der Waals surface area contributed by atoms with Gasteiger partial charge in [-0.2, -0.15) is 0 Å². The van der Waals surface area contributed by atoms with Gasteiger partial charge in [0.05, 0.1) is 31.9 Å². The van der Waals surface area contributed by atoms with Crippen molar-refractivity contribution in [3.8, 4) is 5.75 Å². The lowest BCUT2D eigenvalue weighted by Gasteiger charge is -2.43. The number of piperazine rings is 1. The summed E-state index contributed by atoms with van der Waals surface area (Å²) in [6, 6.07) is 11.2. The van der Waals surface area contributed by atoms with Crippen molar-refractivity contribution in [3.63, 3.8) is 0 Å². The number of benzene rings is 2. The molecule has 2 fully saturated rings. The fourth-order valence-corrected chi connectivity index (χ4v) is 4.86. The van der Waals surface area contributed by atoms with Gasteiger partial charge in [-0.05, 0) is 42.5 Å². The second-order valence-corrected chi connectivity index (χ2v) is 9.23. The van der Waals surface area contributed by atoms with E-state index in [4.69, 9.17) is 14.2 Å². The molecule has 0 unspecified atom stereocenters. The second-order valence-electron chi connectivity index (χ2n) is 9.23. The monoisotopic (exact) mass is 498 g/mol. The van der Waals surface area contributed by atoms with Crippen LogP contribution in [0.1, 0.15) is 28.4 Å². The molecule has 0 spiro atoms.